The van der Waals surface area contributed by atoms with Crippen LogP contribution in [0.2, 0.25) is 0 Å². The lowest BCUT2D eigenvalue weighted by atomic mass is 10.1. The number of carbonyl (C=O) groups excluding carboxylic acids is 2. The maximum atomic E-state index is 13.0. The van der Waals surface area contributed by atoms with Crippen molar-refractivity contribution in [2.45, 2.75) is 0 Å². The Morgan fingerprint density at radius 1 is 0.500 bits per heavy atom. The summed E-state index contributed by atoms with van der Waals surface area (Å²) in [7, 11) is 0. The van der Waals surface area contributed by atoms with E-state index in [4.69, 9.17) is 0 Å². The molecule has 0 spiro atoms. The molecule has 1 aliphatic heterocycles. The zero-order chi connectivity index (χ0) is 20.5. The molecule has 4 nitrogen and oxygen atoms in total. The van der Waals surface area contributed by atoms with Gasteiger partial charge in [0.15, 0.2) is 0 Å². The summed E-state index contributed by atoms with van der Waals surface area (Å²) in [6, 6.07) is 27.7. The van der Waals surface area contributed by atoms with E-state index < -0.39 is 0 Å². The molecule has 1 saturated heterocycles. The van der Waals surface area contributed by atoms with Crippen LogP contribution in [-0.2, 0) is 0 Å². The van der Waals surface area contributed by atoms with E-state index in [0.29, 0.717) is 37.3 Å². The second kappa shape index (κ2) is 7.64. The first-order valence-electron chi connectivity index (χ1n) is 10.3. The van der Waals surface area contributed by atoms with E-state index in [9.17, 15) is 9.59 Å². The van der Waals surface area contributed by atoms with Crippen molar-refractivity contribution in [1.29, 1.82) is 0 Å². The first-order valence-corrected chi connectivity index (χ1v) is 10.3. The fourth-order valence-electron chi connectivity index (χ4n) is 4.12. The maximum Gasteiger partial charge on any atom is 0.253 e. The third-order valence-corrected chi connectivity index (χ3v) is 5.85. The number of carbonyl (C=O) groups is 2. The number of rotatable bonds is 2. The summed E-state index contributed by atoms with van der Waals surface area (Å²) in [4.78, 5) is 29.6. The molecule has 0 N–H and O–H groups in total. The number of benzene rings is 4. The molecule has 148 valence electrons. The summed E-state index contributed by atoms with van der Waals surface area (Å²) in [5, 5.41) is 4.38. The van der Waals surface area contributed by atoms with E-state index in [-0.39, 0.29) is 11.8 Å². The van der Waals surface area contributed by atoms with Gasteiger partial charge < -0.3 is 9.80 Å². The minimum atomic E-state index is 0.0264. The molecule has 0 aliphatic carbocycles. The Kier molecular flexibility index (Phi) is 4.68. The quantitative estimate of drug-likeness (QED) is 0.499. The van der Waals surface area contributed by atoms with Crippen molar-refractivity contribution in [3.05, 3.63) is 96.1 Å². The number of amides is 2. The molecule has 0 radical (unpaired) electrons. The predicted molar refractivity (Wildman–Crippen MR) is 120 cm³/mol. The molecule has 0 aromatic heterocycles. The molecule has 0 atom stereocenters. The Labute approximate surface area is 175 Å². The lowest BCUT2D eigenvalue weighted by Crippen LogP contribution is -2.50. The van der Waals surface area contributed by atoms with Crippen LogP contribution in [0.3, 0.4) is 0 Å². The molecule has 0 saturated carbocycles. The molecule has 1 aliphatic rings. The molecular weight excluding hydrogens is 372 g/mol. The Bertz CT molecular complexity index is 1160. The van der Waals surface area contributed by atoms with Crippen molar-refractivity contribution >= 4 is 33.4 Å². The van der Waals surface area contributed by atoms with E-state index >= 15 is 0 Å². The lowest BCUT2D eigenvalue weighted by molar-refractivity contribution is 0.0535. The van der Waals surface area contributed by atoms with Crippen LogP contribution in [0.4, 0.5) is 0 Å². The highest BCUT2D eigenvalue weighted by Crippen LogP contribution is 2.20. The van der Waals surface area contributed by atoms with Gasteiger partial charge in [0, 0.05) is 37.3 Å². The van der Waals surface area contributed by atoms with Gasteiger partial charge in [0.1, 0.15) is 0 Å². The summed E-state index contributed by atoms with van der Waals surface area (Å²) < 4.78 is 0. The molecule has 30 heavy (non-hydrogen) atoms. The first kappa shape index (κ1) is 18.4. The topological polar surface area (TPSA) is 40.6 Å². The van der Waals surface area contributed by atoms with Gasteiger partial charge in [0.05, 0.1) is 0 Å². The van der Waals surface area contributed by atoms with Gasteiger partial charge in [-0.2, -0.15) is 0 Å². The van der Waals surface area contributed by atoms with Crippen molar-refractivity contribution in [2.75, 3.05) is 26.2 Å². The van der Waals surface area contributed by atoms with Gasteiger partial charge in [-0.3, -0.25) is 9.59 Å². The molecule has 0 bridgehead atoms. The van der Waals surface area contributed by atoms with E-state index in [1.165, 1.54) is 0 Å². The number of piperazine rings is 1. The standard InChI is InChI=1S/C26H22N2O2/c29-25(23-11-9-19-5-1-3-7-21(19)17-23)27-13-15-28(16-14-27)26(30)24-12-10-20-6-2-4-8-22(20)18-24/h1-12,17-18H,13-16H2. The van der Waals surface area contributed by atoms with Crippen molar-refractivity contribution in [3.63, 3.8) is 0 Å². The zero-order valence-electron chi connectivity index (χ0n) is 16.6. The molecule has 4 aromatic rings. The van der Waals surface area contributed by atoms with Crippen LogP contribution < -0.4 is 0 Å². The Balaban J connectivity index is 1.27. The second-order valence-electron chi connectivity index (χ2n) is 7.71. The minimum absolute atomic E-state index is 0.0264. The van der Waals surface area contributed by atoms with Gasteiger partial charge >= 0.3 is 0 Å². The average Bonchev–Trinajstić information content (AvgIpc) is 2.82. The lowest BCUT2D eigenvalue weighted by Gasteiger charge is -2.35. The minimum Gasteiger partial charge on any atom is -0.335 e. The molecule has 4 heteroatoms. The normalized spacial score (nSPS) is 14.3. The molecule has 0 unspecified atom stereocenters. The number of hydrogen-bond acceptors (Lipinski definition) is 2. The summed E-state index contributed by atoms with van der Waals surface area (Å²) in [5.41, 5.74) is 1.39. The molecule has 2 amide bonds. The molecule has 5 rings (SSSR count). The second-order valence-corrected chi connectivity index (χ2v) is 7.71. The Morgan fingerprint density at radius 2 is 0.867 bits per heavy atom. The predicted octanol–water partition coefficient (Wildman–Crippen LogP) is 4.59. The van der Waals surface area contributed by atoms with Crippen LogP contribution in [0.5, 0.6) is 0 Å². The number of fused-ring (bicyclic) bond motifs is 2. The van der Waals surface area contributed by atoms with Gasteiger partial charge in [-0.25, -0.2) is 0 Å². The van der Waals surface area contributed by atoms with Crippen molar-refractivity contribution in [1.82, 2.24) is 9.80 Å². The third-order valence-electron chi connectivity index (χ3n) is 5.85. The van der Waals surface area contributed by atoms with E-state index in [0.717, 1.165) is 21.5 Å². The van der Waals surface area contributed by atoms with Gasteiger partial charge in [-0.15, -0.1) is 0 Å². The zero-order valence-corrected chi connectivity index (χ0v) is 16.6. The summed E-state index contributed by atoms with van der Waals surface area (Å²) >= 11 is 0. The average molecular weight is 394 g/mol. The van der Waals surface area contributed by atoms with Crippen LogP contribution in [0.1, 0.15) is 20.7 Å². The number of hydrogen-bond donors (Lipinski definition) is 0. The highest BCUT2D eigenvalue weighted by molar-refractivity contribution is 6.00. The highest BCUT2D eigenvalue weighted by atomic mass is 16.2. The van der Waals surface area contributed by atoms with Crippen LogP contribution in [0, 0.1) is 0 Å². The van der Waals surface area contributed by atoms with E-state index in [1.807, 2.05) is 94.7 Å². The smallest absolute Gasteiger partial charge is 0.253 e. The first-order chi connectivity index (χ1) is 14.7. The molecular formula is C26H22N2O2. The van der Waals surface area contributed by atoms with E-state index in [2.05, 4.69) is 0 Å². The molecule has 1 heterocycles. The van der Waals surface area contributed by atoms with Gasteiger partial charge in [-0.1, -0.05) is 60.7 Å². The van der Waals surface area contributed by atoms with Crippen LogP contribution >= 0.6 is 0 Å². The fraction of sp³-hybridized carbons (Fsp3) is 0.154. The number of nitrogens with zero attached hydrogens (tertiary/aromatic N) is 2. The largest absolute Gasteiger partial charge is 0.335 e. The summed E-state index contributed by atoms with van der Waals surface area (Å²) in [5.74, 6) is 0.0529. The van der Waals surface area contributed by atoms with Crippen molar-refractivity contribution in [2.24, 2.45) is 0 Å². The van der Waals surface area contributed by atoms with Gasteiger partial charge in [-0.05, 0) is 45.8 Å². The van der Waals surface area contributed by atoms with Crippen molar-refractivity contribution in [3.8, 4) is 0 Å². The van der Waals surface area contributed by atoms with Crippen molar-refractivity contribution < 1.29 is 9.59 Å². The SMILES string of the molecule is O=C(c1ccc2ccccc2c1)N1CCN(C(=O)c2ccc3ccccc3c2)CC1. The molecule has 1 fully saturated rings. The van der Waals surface area contributed by atoms with Crippen LogP contribution in [-0.4, -0.2) is 47.8 Å². The summed E-state index contributed by atoms with van der Waals surface area (Å²) in [6.07, 6.45) is 0. The summed E-state index contributed by atoms with van der Waals surface area (Å²) in [6.45, 7) is 2.19. The van der Waals surface area contributed by atoms with Crippen LogP contribution in [0.25, 0.3) is 21.5 Å². The van der Waals surface area contributed by atoms with Gasteiger partial charge in [0.25, 0.3) is 11.8 Å². The maximum absolute atomic E-state index is 13.0. The highest BCUT2D eigenvalue weighted by Gasteiger charge is 2.25. The molecule has 4 aromatic carbocycles. The van der Waals surface area contributed by atoms with Gasteiger partial charge in [0.2, 0.25) is 0 Å². The fourth-order valence-corrected chi connectivity index (χ4v) is 4.12. The third kappa shape index (κ3) is 3.41. The monoisotopic (exact) mass is 394 g/mol. The van der Waals surface area contributed by atoms with E-state index in [1.54, 1.807) is 0 Å². The Hall–Kier alpha value is -3.66. The Morgan fingerprint density at radius 3 is 1.27 bits per heavy atom. The van der Waals surface area contributed by atoms with Crippen LogP contribution in [0.15, 0.2) is 84.9 Å².